The van der Waals surface area contributed by atoms with Gasteiger partial charge in [-0.1, -0.05) is 30.3 Å². The van der Waals surface area contributed by atoms with Crippen LogP contribution in [0.25, 0.3) is 5.76 Å². The topological polar surface area (TPSA) is 106 Å². The smallest absolute Gasteiger partial charge is 0.310 e. The molecule has 0 aliphatic carbocycles. The van der Waals surface area contributed by atoms with E-state index < -0.39 is 17.7 Å². The number of amides is 1. The number of ketones is 1. The SMILES string of the molecule is CCOC(=O)Cc1ccc(N2C(=O)C(=O)/C(=C(\O)c3ccccc3OC)C2c2ccccn2)cc1. The summed E-state index contributed by atoms with van der Waals surface area (Å²) in [7, 11) is 1.46. The number of para-hydroxylation sites is 1. The Labute approximate surface area is 202 Å². The molecule has 35 heavy (non-hydrogen) atoms. The molecule has 1 aromatic heterocycles. The lowest BCUT2D eigenvalue weighted by molar-refractivity contribution is -0.142. The van der Waals surface area contributed by atoms with E-state index in [0.29, 0.717) is 28.3 Å². The Morgan fingerprint density at radius 3 is 2.40 bits per heavy atom. The number of anilines is 1. The Morgan fingerprint density at radius 1 is 1.03 bits per heavy atom. The van der Waals surface area contributed by atoms with Crippen molar-refractivity contribution in [3.05, 3.63) is 95.3 Å². The maximum Gasteiger partial charge on any atom is 0.310 e. The molecule has 2 heterocycles. The van der Waals surface area contributed by atoms with Crippen molar-refractivity contribution in [2.24, 2.45) is 0 Å². The standard InChI is InChI=1S/C27H24N2O6/c1-3-35-22(30)16-17-11-13-18(14-12-17)29-24(20-9-6-7-15-28-20)23(26(32)27(29)33)25(31)19-8-4-5-10-21(19)34-2/h4-15,24,31H,3,16H2,1-2H3/b25-23-. The Kier molecular flexibility index (Phi) is 6.91. The number of hydrogen-bond acceptors (Lipinski definition) is 7. The van der Waals surface area contributed by atoms with Gasteiger partial charge in [0.15, 0.2) is 0 Å². The summed E-state index contributed by atoms with van der Waals surface area (Å²) >= 11 is 0. The number of Topliss-reactive ketones (excluding diaryl/α,β-unsaturated/α-hetero) is 1. The number of nitrogens with zero attached hydrogens (tertiary/aromatic N) is 2. The van der Waals surface area contributed by atoms with Gasteiger partial charge in [-0.05, 0) is 48.9 Å². The second kappa shape index (κ2) is 10.2. The molecule has 0 saturated carbocycles. The highest BCUT2D eigenvalue weighted by atomic mass is 16.5. The molecule has 3 aromatic rings. The summed E-state index contributed by atoms with van der Waals surface area (Å²) in [6.07, 6.45) is 1.64. The van der Waals surface area contributed by atoms with E-state index in [4.69, 9.17) is 9.47 Å². The van der Waals surface area contributed by atoms with E-state index in [-0.39, 0.29) is 30.3 Å². The first-order valence-electron chi connectivity index (χ1n) is 11.1. The monoisotopic (exact) mass is 472 g/mol. The molecule has 1 fully saturated rings. The van der Waals surface area contributed by atoms with Crippen molar-refractivity contribution in [1.82, 2.24) is 4.98 Å². The summed E-state index contributed by atoms with van der Waals surface area (Å²) in [5, 5.41) is 11.2. The Morgan fingerprint density at radius 2 is 1.74 bits per heavy atom. The quantitative estimate of drug-likeness (QED) is 0.241. The van der Waals surface area contributed by atoms with Gasteiger partial charge in [0.25, 0.3) is 11.7 Å². The lowest BCUT2D eigenvalue weighted by Crippen LogP contribution is -2.29. The Bertz CT molecular complexity index is 1280. The van der Waals surface area contributed by atoms with Crippen molar-refractivity contribution in [3.63, 3.8) is 0 Å². The van der Waals surface area contributed by atoms with E-state index in [1.54, 1.807) is 79.9 Å². The number of aliphatic hydroxyl groups is 1. The number of aromatic nitrogens is 1. The van der Waals surface area contributed by atoms with E-state index in [0.717, 1.165) is 0 Å². The van der Waals surface area contributed by atoms with Crippen LogP contribution in [0.2, 0.25) is 0 Å². The van der Waals surface area contributed by atoms with Gasteiger partial charge in [-0.3, -0.25) is 24.3 Å². The number of benzene rings is 2. The first-order valence-corrected chi connectivity index (χ1v) is 11.1. The second-order valence-corrected chi connectivity index (χ2v) is 7.77. The molecule has 0 spiro atoms. The average molecular weight is 472 g/mol. The van der Waals surface area contributed by atoms with Gasteiger partial charge in [0.1, 0.15) is 17.6 Å². The molecule has 0 radical (unpaired) electrons. The van der Waals surface area contributed by atoms with Gasteiger partial charge in [-0.15, -0.1) is 0 Å². The van der Waals surface area contributed by atoms with E-state index in [1.807, 2.05) is 0 Å². The Hall–Kier alpha value is -4.46. The van der Waals surface area contributed by atoms with Crippen LogP contribution in [0.3, 0.4) is 0 Å². The van der Waals surface area contributed by atoms with Gasteiger partial charge in [-0.2, -0.15) is 0 Å². The normalized spacial score (nSPS) is 16.9. The molecule has 1 N–H and O–H groups in total. The van der Waals surface area contributed by atoms with Crippen molar-refractivity contribution in [2.75, 3.05) is 18.6 Å². The molecule has 4 rings (SSSR count). The van der Waals surface area contributed by atoms with E-state index in [2.05, 4.69) is 4.98 Å². The Balaban J connectivity index is 1.81. The maximum atomic E-state index is 13.2. The fourth-order valence-corrected chi connectivity index (χ4v) is 4.05. The zero-order valence-electron chi connectivity index (χ0n) is 19.3. The van der Waals surface area contributed by atoms with Crippen molar-refractivity contribution in [2.45, 2.75) is 19.4 Å². The number of aliphatic hydroxyl groups excluding tert-OH is 1. The van der Waals surface area contributed by atoms with Crippen LogP contribution < -0.4 is 9.64 Å². The molecular weight excluding hydrogens is 448 g/mol. The maximum absolute atomic E-state index is 13.2. The molecule has 8 nitrogen and oxygen atoms in total. The minimum Gasteiger partial charge on any atom is -0.507 e. The van der Waals surface area contributed by atoms with Gasteiger partial charge in [0.2, 0.25) is 0 Å². The summed E-state index contributed by atoms with van der Waals surface area (Å²) in [4.78, 5) is 43.9. The largest absolute Gasteiger partial charge is 0.507 e. The molecule has 1 aliphatic rings. The van der Waals surface area contributed by atoms with E-state index in [9.17, 15) is 19.5 Å². The van der Waals surface area contributed by atoms with Gasteiger partial charge in [0, 0.05) is 11.9 Å². The molecule has 0 bridgehead atoms. The van der Waals surface area contributed by atoms with Crippen LogP contribution in [0.5, 0.6) is 5.75 Å². The highest BCUT2D eigenvalue weighted by Gasteiger charge is 2.47. The fraction of sp³-hybridized carbons (Fsp3) is 0.185. The molecular formula is C27H24N2O6. The molecule has 178 valence electrons. The third-order valence-electron chi connectivity index (χ3n) is 5.64. The van der Waals surface area contributed by atoms with E-state index >= 15 is 0 Å². The predicted molar refractivity (Wildman–Crippen MR) is 129 cm³/mol. The van der Waals surface area contributed by atoms with Gasteiger partial charge < -0.3 is 14.6 Å². The number of methoxy groups -OCH3 is 1. The summed E-state index contributed by atoms with van der Waals surface area (Å²) in [6, 6.07) is 17.6. The molecule has 1 aliphatic heterocycles. The van der Waals surface area contributed by atoms with Crippen molar-refractivity contribution in [1.29, 1.82) is 0 Å². The lowest BCUT2D eigenvalue weighted by atomic mass is 9.97. The van der Waals surface area contributed by atoms with Crippen LogP contribution >= 0.6 is 0 Å². The molecule has 1 atom stereocenters. The van der Waals surface area contributed by atoms with Crippen molar-refractivity contribution in [3.8, 4) is 5.75 Å². The number of ether oxygens (including phenoxy) is 2. The summed E-state index contributed by atoms with van der Waals surface area (Å²) < 4.78 is 10.3. The van der Waals surface area contributed by atoms with Crippen LogP contribution in [-0.4, -0.2) is 41.5 Å². The number of hydrogen-bond donors (Lipinski definition) is 1. The minimum atomic E-state index is -0.961. The predicted octanol–water partition coefficient (Wildman–Crippen LogP) is 3.82. The molecule has 1 saturated heterocycles. The number of esters is 1. The molecule has 8 heteroatoms. The number of rotatable bonds is 7. The molecule has 1 amide bonds. The zero-order valence-corrected chi connectivity index (χ0v) is 19.3. The molecule has 2 aromatic carbocycles. The first-order chi connectivity index (χ1) is 17.0. The fourth-order valence-electron chi connectivity index (χ4n) is 4.05. The minimum absolute atomic E-state index is 0.0877. The van der Waals surface area contributed by atoms with E-state index in [1.165, 1.54) is 12.0 Å². The third kappa shape index (κ3) is 4.63. The van der Waals surface area contributed by atoms with Crippen LogP contribution in [0.4, 0.5) is 5.69 Å². The lowest BCUT2D eigenvalue weighted by Gasteiger charge is -2.25. The van der Waals surface area contributed by atoms with Crippen LogP contribution in [0.1, 0.15) is 29.8 Å². The third-order valence-corrected chi connectivity index (χ3v) is 5.64. The first kappa shape index (κ1) is 23.7. The van der Waals surface area contributed by atoms with Crippen LogP contribution in [0, 0.1) is 0 Å². The molecule has 1 unspecified atom stereocenters. The summed E-state index contributed by atoms with van der Waals surface area (Å²) in [5.74, 6) is -1.97. The van der Waals surface area contributed by atoms with Crippen LogP contribution in [-0.2, 0) is 25.5 Å². The number of pyridine rings is 1. The van der Waals surface area contributed by atoms with Gasteiger partial charge in [0.05, 0.1) is 37.0 Å². The second-order valence-electron chi connectivity index (χ2n) is 7.77. The van der Waals surface area contributed by atoms with Crippen molar-refractivity contribution >= 4 is 29.1 Å². The highest BCUT2D eigenvalue weighted by Crippen LogP contribution is 2.42. The van der Waals surface area contributed by atoms with Crippen molar-refractivity contribution < 1.29 is 29.0 Å². The van der Waals surface area contributed by atoms with Crippen LogP contribution in [0.15, 0.2) is 78.5 Å². The van der Waals surface area contributed by atoms with Gasteiger partial charge in [-0.25, -0.2) is 0 Å². The highest BCUT2D eigenvalue weighted by molar-refractivity contribution is 6.51. The summed E-state index contributed by atoms with van der Waals surface area (Å²) in [6.45, 7) is 2.03. The average Bonchev–Trinajstić information content (AvgIpc) is 3.15. The number of carbonyl (C=O) groups excluding carboxylic acids is 3. The summed E-state index contributed by atoms with van der Waals surface area (Å²) in [5.41, 5.74) is 1.74. The number of carbonyl (C=O) groups is 3. The zero-order chi connectivity index (χ0) is 24.9. The van der Waals surface area contributed by atoms with Gasteiger partial charge >= 0.3 is 5.97 Å².